The van der Waals surface area contributed by atoms with Gasteiger partial charge in [-0.05, 0) is 43.4 Å². The summed E-state index contributed by atoms with van der Waals surface area (Å²) in [7, 11) is 0. The maximum atomic E-state index is 12.4. The molecule has 1 saturated carbocycles. The average molecular weight is 355 g/mol. The van der Waals surface area contributed by atoms with Crippen molar-refractivity contribution in [2.75, 3.05) is 6.61 Å². The van der Waals surface area contributed by atoms with Crippen LogP contribution in [0.5, 0.6) is 0 Å². The Bertz CT molecular complexity index is 522. The zero-order chi connectivity index (χ0) is 15.5. The van der Waals surface area contributed by atoms with Gasteiger partial charge in [-0.3, -0.25) is 9.59 Å². The van der Waals surface area contributed by atoms with E-state index < -0.39 is 17.4 Å². The molecule has 1 unspecified atom stereocenters. The number of hydrogen-bond acceptors (Lipinski definition) is 3. The summed E-state index contributed by atoms with van der Waals surface area (Å²) in [4.78, 5) is 24.4. The molecule has 1 N–H and O–H groups in total. The Kier molecular flexibility index (Phi) is 5.04. The predicted molar refractivity (Wildman–Crippen MR) is 82.0 cm³/mol. The van der Waals surface area contributed by atoms with Gasteiger partial charge in [0.05, 0.1) is 6.61 Å². The van der Waals surface area contributed by atoms with Crippen molar-refractivity contribution in [1.82, 2.24) is 0 Å². The van der Waals surface area contributed by atoms with Crippen molar-refractivity contribution in [3.05, 3.63) is 34.3 Å². The van der Waals surface area contributed by atoms with E-state index in [4.69, 9.17) is 4.74 Å². The Hall–Kier alpha value is -1.36. The normalized spacial score (nSPS) is 17.0. The van der Waals surface area contributed by atoms with Crippen LogP contribution in [-0.2, 0) is 19.7 Å². The van der Waals surface area contributed by atoms with Gasteiger partial charge < -0.3 is 9.84 Å². The van der Waals surface area contributed by atoms with E-state index in [1.807, 2.05) is 0 Å². The van der Waals surface area contributed by atoms with Gasteiger partial charge in [-0.2, -0.15) is 0 Å². The van der Waals surface area contributed by atoms with Gasteiger partial charge in [0.25, 0.3) is 0 Å². The van der Waals surface area contributed by atoms with Crippen LogP contribution in [0.2, 0.25) is 0 Å². The van der Waals surface area contributed by atoms with Gasteiger partial charge in [0, 0.05) is 4.47 Å². The minimum absolute atomic E-state index is 0.174. The molecule has 1 aromatic rings. The summed E-state index contributed by atoms with van der Waals surface area (Å²) in [6, 6.07) is 6.87. The van der Waals surface area contributed by atoms with E-state index in [0.717, 1.165) is 23.7 Å². The van der Waals surface area contributed by atoms with Crippen LogP contribution in [0.3, 0.4) is 0 Å². The van der Waals surface area contributed by atoms with Crippen molar-refractivity contribution in [2.45, 2.75) is 38.0 Å². The summed E-state index contributed by atoms with van der Waals surface area (Å²) < 4.78 is 5.92. The monoisotopic (exact) mass is 354 g/mol. The van der Waals surface area contributed by atoms with Crippen molar-refractivity contribution in [2.24, 2.45) is 5.92 Å². The fourth-order valence-electron chi connectivity index (χ4n) is 2.50. The molecule has 1 atom stereocenters. The van der Waals surface area contributed by atoms with Gasteiger partial charge in [0.2, 0.25) is 0 Å². The molecule has 0 aliphatic heterocycles. The zero-order valence-electron chi connectivity index (χ0n) is 12.0. The first kappa shape index (κ1) is 16.0. The smallest absolute Gasteiger partial charge is 0.328 e. The van der Waals surface area contributed by atoms with Crippen molar-refractivity contribution < 1.29 is 19.4 Å². The Morgan fingerprint density at radius 1 is 1.33 bits per heavy atom. The number of halogens is 1. The number of hydrogen-bond donors (Lipinski definition) is 1. The van der Waals surface area contributed by atoms with Crippen molar-refractivity contribution in [3.8, 4) is 0 Å². The third-order valence-corrected chi connectivity index (χ3v) is 4.48. The van der Waals surface area contributed by atoms with E-state index in [2.05, 4.69) is 15.9 Å². The highest BCUT2D eigenvalue weighted by Gasteiger charge is 2.49. The largest absolute Gasteiger partial charge is 0.480 e. The van der Waals surface area contributed by atoms with Gasteiger partial charge in [0.1, 0.15) is 0 Å². The van der Waals surface area contributed by atoms with Crippen LogP contribution in [0, 0.1) is 5.92 Å². The third-order valence-electron chi connectivity index (χ3n) is 3.95. The standard InChI is InChI=1S/C16H19BrO4/c1-2-21-15(20)16(14(18)19,10-9-11-3-4-11)12-5-7-13(17)8-6-12/h5-8,11H,2-4,9-10H2,1H3,(H,18,19). The number of aliphatic carboxylic acids is 1. The van der Waals surface area contributed by atoms with Crippen molar-refractivity contribution in [3.63, 3.8) is 0 Å². The second-order valence-corrected chi connectivity index (χ2v) is 6.34. The number of carboxylic acid groups (broad SMARTS) is 1. The second-order valence-electron chi connectivity index (χ2n) is 5.42. The van der Waals surface area contributed by atoms with Crippen molar-refractivity contribution >= 4 is 27.9 Å². The number of carbonyl (C=O) groups excluding carboxylic acids is 1. The molecule has 1 aliphatic rings. The number of benzene rings is 1. The van der Waals surface area contributed by atoms with E-state index in [1.165, 1.54) is 0 Å². The summed E-state index contributed by atoms with van der Waals surface area (Å²) in [5, 5.41) is 9.76. The van der Waals surface area contributed by atoms with Gasteiger partial charge >= 0.3 is 11.9 Å². The maximum Gasteiger partial charge on any atom is 0.328 e. The molecule has 0 amide bonds. The van der Waals surface area contributed by atoms with E-state index in [1.54, 1.807) is 31.2 Å². The first-order chi connectivity index (χ1) is 10.0. The van der Waals surface area contributed by atoms with Crippen LogP contribution in [0.15, 0.2) is 28.7 Å². The van der Waals surface area contributed by atoms with E-state index >= 15 is 0 Å². The number of rotatable bonds is 7. The lowest BCUT2D eigenvalue weighted by Gasteiger charge is -2.27. The van der Waals surface area contributed by atoms with Gasteiger partial charge in [0.15, 0.2) is 5.41 Å². The Labute approximate surface area is 132 Å². The fraction of sp³-hybridized carbons (Fsp3) is 0.500. The van der Waals surface area contributed by atoms with E-state index in [9.17, 15) is 14.7 Å². The number of carboxylic acids is 1. The van der Waals surface area contributed by atoms with Crippen LogP contribution < -0.4 is 0 Å². The molecule has 21 heavy (non-hydrogen) atoms. The zero-order valence-corrected chi connectivity index (χ0v) is 13.6. The lowest BCUT2D eigenvalue weighted by Crippen LogP contribution is -2.45. The molecule has 0 saturated heterocycles. The summed E-state index contributed by atoms with van der Waals surface area (Å²) in [5.74, 6) is -1.25. The SMILES string of the molecule is CCOC(=O)C(CCC1CC1)(C(=O)O)c1ccc(Br)cc1. The summed E-state index contributed by atoms with van der Waals surface area (Å²) in [6.07, 6.45) is 3.27. The minimum atomic E-state index is -1.60. The highest BCUT2D eigenvalue weighted by molar-refractivity contribution is 9.10. The van der Waals surface area contributed by atoms with E-state index in [0.29, 0.717) is 11.5 Å². The first-order valence-corrected chi connectivity index (χ1v) is 7.96. The second kappa shape index (κ2) is 6.60. The third kappa shape index (κ3) is 3.46. The molecular formula is C16H19BrO4. The molecule has 0 spiro atoms. The Morgan fingerprint density at radius 2 is 1.95 bits per heavy atom. The summed E-state index contributed by atoms with van der Waals surface area (Å²) in [5.41, 5.74) is -1.11. The van der Waals surface area contributed by atoms with Crippen LogP contribution in [0.1, 0.15) is 38.2 Å². The predicted octanol–water partition coefficient (Wildman–Crippen LogP) is 3.52. The molecule has 1 aliphatic carbocycles. The molecule has 1 fully saturated rings. The molecule has 0 heterocycles. The topological polar surface area (TPSA) is 63.6 Å². The van der Waals surface area contributed by atoms with Gasteiger partial charge in [-0.1, -0.05) is 40.9 Å². The molecule has 1 aromatic carbocycles. The highest BCUT2D eigenvalue weighted by atomic mass is 79.9. The first-order valence-electron chi connectivity index (χ1n) is 7.17. The number of carbonyl (C=O) groups is 2. The molecule has 5 heteroatoms. The number of ether oxygens (including phenoxy) is 1. The van der Waals surface area contributed by atoms with Gasteiger partial charge in [-0.25, -0.2) is 0 Å². The molecule has 0 aromatic heterocycles. The lowest BCUT2D eigenvalue weighted by molar-refractivity contribution is -0.162. The Balaban J connectivity index is 2.39. The fourth-order valence-corrected chi connectivity index (χ4v) is 2.76. The molecular weight excluding hydrogens is 336 g/mol. The van der Waals surface area contributed by atoms with Crippen LogP contribution in [0.4, 0.5) is 0 Å². The molecule has 0 radical (unpaired) electrons. The van der Waals surface area contributed by atoms with E-state index in [-0.39, 0.29) is 13.0 Å². The summed E-state index contributed by atoms with van der Waals surface area (Å²) in [6.45, 7) is 1.86. The van der Waals surface area contributed by atoms with Crippen LogP contribution >= 0.6 is 15.9 Å². The van der Waals surface area contributed by atoms with Crippen LogP contribution in [-0.4, -0.2) is 23.7 Å². The van der Waals surface area contributed by atoms with Crippen LogP contribution in [0.25, 0.3) is 0 Å². The van der Waals surface area contributed by atoms with Crippen molar-refractivity contribution in [1.29, 1.82) is 0 Å². The molecule has 114 valence electrons. The highest BCUT2D eigenvalue weighted by Crippen LogP contribution is 2.40. The molecule has 2 rings (SSSR count). The quantitative estimate of drug-likeness (QED) is 0.600. The minimum Gasteiger partial charge on any atom is -0.480 e. The van der Waals surface area contributed by atoms with Gasteiger partial charge in [-0.15, -0.1) is 0 Å². The maximum absolute atomic E-state index is 12.4. The summed E-state index contributed by atoms with van der Waals surface area (Å²) >= 11 is 3.33. The average Bonchev–Trinajstić information content (AvgIpc) is 3.25. The Morgan fingerprint density at radius 3 is 2.43 bits per heavy atom. The molecule has 4 nitrogen and oxygen atoms in total. The lowest BCUT2D eigenvalue weighted by atomic mass is 9.76. The molecule has 0 bridgehead atoms. The number of esters is 1.